The van der Waals surface area contributed by atoms with Gasteiger partial charge in [0, 0.05) is 17.0 Å². The summed E-state index contributed by atoms with van der Waals surface area (Å²) in [6, 6.07) is 2.04. The van der Waals surface area contributed by atoms with Crippen LogP contribution in [0.1, 0.15) is 27.9 Å². The van der Waals surface area contributed by atoms with Crippen molar-refractivity contribution in [1.82, 2.24) is 15.5 Å². The lowest BCUT2D eigenvalue weighted by Gasteiger charge is -2.13. The Morgan fingerprint density at radius 1 is 1.67 bits per heavy atom. The van der Waals surface area contributed by atoms with Crippen LogP contribution in [0.4, 0.5) is 0 Å². The van der Waals surface area contributed by atoms with Gasteiger partial charge in [-0.25, -0.2) is 0 Å². The Balaban J connectivity index is 2.06. The van der Waals surface area contributed by atoms with E-state index in [1.54, 1.807) is 11.3 Å². The number of H-pyrrole nitrogens is 1. The van der Waals surface area contributed by atoms with Crippen LogP contribution in [0.3, 0.4) is 0 Å². The summed E-state index contributed by atoms with van der Waals surface area (Å²) in [5, 5.41) is 10.7. The van der Waals surface area contributed by atoms with E-state index in [1.165, 1.54) is 4.88 Å². The van der Waals surface area contributed by atoms with E-state index in [9.17, 15) is 4.79 Å². The molecular weight excluding hydrogens is 250 g/mol. The molecule has 94 valence electrons. The molecule has 0 saturated heterocycles. The molecule has 2 aromatic rings. The van der Waals surface area contributed by atoms with Gasteiger partial charge in [-0.3, -0.25) is 9.89 Å². The molecule has 1 aliphatic rings. The summed E-state index contributed by atoms with van der Waals surface area (Å²) in [6.45, 7) is 4.91. The third-order valence-corrected chi connectivity index (χ3v) is 3.82. The smallest absolute Gasteiger partial charge is 0.269 e. The molecule has 2 aromatic heterocycles. The van der Waals surface area contributed by atoms with Crippen molar-refractivity contribution >= 4 is 17.2 Å². The standard InChI is InChI=1S/C12H13N3O2S/c1-3-13-11(16)10-8-5-17-12-7(4-6(2)18-12)9(8)14-15-10/h4H,3,5H2,1-2H3,(H,13,16)(H,14,15). The van der Waals surface area contributed by atoms with Crippen molar-refractivity contribution in [2.45, 2.75) is 20.5 Å². The van der Waals surface area contributed by atoms with Gasteiger partial charge in [0.25, 0.3) is 5.91 Å². The highest BCUT2D eigenvalue weighted by Gasteiger charge is 2.27. The first kappa shape index (κ1) is 11.3. The van der Waals surface area contributed by atoms with Gasteiger partial charge in [-0.1, -0.05) is 0 Å². The Labute approximate surface area is 108 Å². The topological polar surface area (TPSA) is 67.0 Å². The molecule has 0 unspecified atom stereocenters. The summed E-state index contributed by atoms with van der Waals surface area (Å²) in [4.78, 5) is 13.0. The van der Waals surface area contributed by atoms with Crippen LogP contribution < -0.4 is 10.1 Å². The predicted molar refractivity (Wildman–Crippen MR) is 69.0 cm³/mol. The number of ether oxygens (including phenoxy) is 1. The number of carbonyl (C=O) groups excluding carboxylic acids is 1. The van der Waals surface area contributed by atoms with Crippen LogP contribution in [0.5, 0.6) is 5.06 Å². The number of carbonyl (C=O) groups is 1. The van der Waals surface area contributed by atoms with E-state index in [2.05, 4.69) is 15.5 Å². The van der Waals surface area contributed by atoms with Crippen molar-refractivity contribution in [3.05, 3.63) is 22.2 Å². The number of hydrogen-bond acceptors (Lipinski definition) is 4. The number of rotatable bonds is 2. The van der Waals surface area contributed by atoms with Gasteiger partial charge in [-0.15, -0.1) is 11.3 Å². The summed E-state index contributed by atoms with van der Waals surface area (Å²) in [7, 11) is 0. The normalized spacial score (nSPS) is 12.6. The molecule has 0 radical (unpaired) electrons. The maximum atomic E-state index is 11.9. The van der Waals surface area contributed by atoms with E-state index >= 15 is 0 Å². The lowest BCUT2D eigenvalue weighted by Crippen LogP contribution is -2.24. The van der Waals surface area contributed by atoms with Gasteiger partial charge in [-0.2, -0.15) is 5.10 Å². The monoisotopic (exact) mass is 263 g/mol. The first-order chi connectivity index (χ1) is 8.70. The molecule has 6 heteroatoms. The van der Waals surface area contributed by atoms with Crippen LogP contribution in [-0.2, 0) is 6.61 Å². The molecule has 1 aliphatic heterocycles. The average molecular weight is 263 g/mol. The first-order valence-corrected chi connectivity index (χ1v) is 6.61. The number of aromatic nitrogens is 2. The number of nitrogens with zero attached hydrogens (tertiary/aromatic N) is 1. The second kappa shape index (κ2) is 4.13. The predicted octanol–water partition coefficient (Wildman–Crippen LogP) is 2.09. The SMILES string of the molecule is CCNC(=O)c1[nH]nc2c1COc1sc(C)cc1-2. The largest absolute Gasteiger partial charge is 0.478 e. The molecule has 0 bridgehead atoms. The molecule has 0 atom stereocenters. The molecule has 3 rings (SSSR count). The zero-order valence-corrected chi connectivity index (χ0v) is 11.0. The Bertz CT molecular complexity index is 615. The number of amides is 1. The summed E-state index contributed by atoms with van der Waals surface area (Å²) in [5.74, 6) is -0.134. The third kappa shape index (κ3) is 1.60. The highest BCUT2D eigenvalue weighted by molar-refractivity contribution is 7.14. The molecule has 0 aliphatic carbocycles. The maximum Gasteiger partial charge on any atom is 0.269 e. The van der Waals surface area contributed by atoms with Crippen molar-refractivity contribution in [3.63, 3.8) is 0 Å². The fourth-order valence-corrected chi connectivity index (χ4v) is 2.92. The highest BCUT2D eigenvalue weighted by atomic mass is 32.1. The zero-order valence-electron chi connectivity index (χ0n) is 10.2. The Morgan fingerprint density at radius 2 is 2.50 bits per heavy atom. The number of fused-ring (bicyclic) bond motifs is 3. The van der Waals surface area contributed by atoms with Gasteiger partial charge in [0.05, 0.1) is 5.56 Å². The van der Waals surface area contributed by atoms with Crippen molar-refractivity contribution < 1.29 is 9.53 Å². The number of aryl methyl sites for hydroxylation is 1. The van der Waals surface area contributed by atoms with Gasteiger partial charge in [0.1, 0.15) is 18.0 Å². The van der Waals surface area contributed by atoms with Crippen LogP contribution in [0.2, 0.25) is 0 Å². The summed E-state index contributed by atoms with van der Waals surface area (Å²) >= 11 is 1.61. The van der Waals surface area contributed by atoms with E-state index in [0.717, 1.165) is 21.9 Å². The van der Waals surface area contributed by atoms with Gasteiger partial charge >= 0.3 is 0 Å². The highest BCUT2D eigenvalue weighted by Crippen LogP contribution is 2.43. The molecule has 0 fully saturated rings. The van der Waals surface area contributed by atoms with Gasteiger partial charge in [0.2, 0.25) is 0 Å². The second-order valence-corrected chi connectivity index (χ2v) is 5.35. The Hall–Kier alpha value is -1.82. The summed E-state index contributed by atoms with van der Waals surface area (Å²) < 4.78 is 5.68. The lowest BCUT2D eigenvalue weighted by molar-refractivity contribution is 0.0948. The van der Waals surface area contributed by atoms with E-state index in [0.29, 0.717) is 18.8 Å². The Morgan fingerprint density at radius 3 is 3.28 bits per heavy atom. The van der Waals surface area contributed by atoms with E-state index in [-0.39, 0.29) is 5.91 Å². The van der Waals surface area contributed by atoms with Crippen LogP contribution in [0.25, 0.3) is 11.3 Å². The van der Waals surface area contributed by atoms with Crippen molar-refractivity contribution in [1.29, 1.82) is 0 Å². The van der Waals surface area contributed by atoms with E-state index in [4.69, 9.17) is 4.74 Å². The number of thiophene rings is 1. The maximum absolute atomic E-state index is 11.9. The van der Waals surface area contributed by atoms with Crippen LogP contribution >= 0.6 is 11.3 Å². The van der Waals surface area contributed by atoms with E-state index in [1.807, 2.05) is 19.9 Å². The van der Waals surface area contributed by atoms with Gasteiger partial charge in [0.15, 0.2) is 5.06 Å². The van der Waals surface area contributed by atoms with Crippen LogP contribution in [-0.4, -0.2) is 22.6 Å². The van der Waals surface area contributed by atoms with E-state index < -0.39 is 0 Å². The van der Waals surface area contributed by atoms with Gasteiger partial charge < -0.3 is 10.1 Å². The fourth-order valence-electron chi connectivity index (χ4n) is 2.07. The molecule has 0 saturated carbocycles. The summed E-state index contributed by atoms with van der Waals surface area (Å²) in [6.07, 6.45) is 0. The minimum absolute atomic E-state index is 0.134. The molecule has 0 spiro atoms. The quantitative estimate of drug-likeness (QED) is 0.871. The summed E-state index contributed by atoms with van der Waals surface area (Å²) in [5.41, 5.74) is 3.15. The molecule has 2 N–H and O–H groups in total. The number of hydrogen-bond donors (Lipinski definition) is 2. The molecule has 5 nitrogen and oxygen atoms in total. The third-order valence-electron chi connectivity index (χ3n) is 2.86. The first-order valence-electron chi connectivity index (χ1n) is 5.79. The van der Waals surface area contributed by atoms with Crippen molar-refractivity contribution in [2.75, 3.05) is 6.54 Å². The minimum atomic E-state index is -0.134. The Kier molecular flexibility index (Phi) is 2.59. The average Bonchev–Trinajstić information content (AvgIpc) is 2.90. The minimum Gasteiger partial charge on any atom is -0.478 e. The second-order valence-electron chi connectivity index (χ2n) is 4.13. The number of aromatic amines is 1. The molecular formula is C12H13N3O2S. The molecule has 18 heavy (non-hydrogen) atoms. The molecule has 0 aromatic carbocycles. The molecule has 1 amide bonds. The van der Waals surface area contributed by atoms with Crippen LogP contribution in [0, 0.1) is 6.92 Å². The van der Waals surface area contributed by atoms with Crippen molar-refractivity contribution in [3.8, 4) is 16.3 Å². The van der Waals surface area contributed by atoms with Gasteiger partial charge in [-0.05, 0) is 19.9 Å². The van der Waals surface area contributed by atoms with Crippen LogP contribution in [0.15, 0.2) is 6.07 Å². The number of nitrogens with one attached hydrogen (secondary N) is 2. The van der Waals surface area contributed by atoms with Crippen molar-refractivity contribution in [2.24, 2.45) is 0 Å². The lowest BCUT2D eigenvalue weighted by atomic mass is 10.1. The molecule has 3 heterocycles. The fraction of sp³-hybridized carbons (Fsp3) is 0.333. The zero-order chi connectivity index (χ0) is 12.7.